The van der Waals surface area contributed by atoms with Gasteiger partial charge >= 0.3 is 6.18 Å². The zero-order valence-corrected chi connectivity index (χ0v) is 21.8. The van der Waals surface area contributed by atoms with Gasteiger partial charge in [-0.1, -0.05) is 12.1 Å². The van der Waals surface area contributed by atoms with Gasteiger partial charge in [-0.2, -0.15) is 18.3 Å². The second-order valence-corrected chi connectivity index (χ2v) is 9.98. The monoisotopic (exact) mass is 587 g/mol. The number of halogens is 6. The summed E-state index contributed by atoms with van der Waals surface area (Å²) in [4.78, 5) is 29.4. The van der Waals surface area contributed by atoms with Crippen LogP contribution in [0.4, 0.5) is 26.3 Å². The van der Waals surface area contributed by atoms with E-state index in [1.807, 2.05) is 0 Å². The minimum atomic E-state index is -4.70. The zero-order chi connectivity index (χ0) is 30.2. The molecule has 2 amide bonds. The molecule has 2 aromatic heterocycles. The van der Waals surface area contributed by atoms with Crippen molar-refractivity contribution >= 4 is 11.8 Å². The molecular formula is C29H23F6N5O2. The molecule has 0 bridgehead atoms. The first-order chi connectivity index (χ1) is 19.9. The van der Waals surface area contributed by atoms with Crippen molar-refractivity contribution in [2.45, 2.75) is 43.9 Å². The molecule has 0 spiro atoms. The summed E-state index contributed by atoms with van der Waals surface area (Å²) in [5.41, 5.74) is 5.09. The van der Waals surface area contributed by atoms with Gasteiger partial charge in [0, 0.05) is 29.4 Å². The molecule has 3 N–H and O–H groups in total. The molecule has 7 nitrogen and oxygen atoms in total. The van der Waals surface area contributed by atoms with Gasteiger partial charge in [-0.05, 0) is 66.8 Å². The summed E-state index contributed by atoms with van der Waals surface area (Å²) in [5, 5.41) is 6.31. The fourth-order valence-corrected chi connectivity index (χ4v) is 4.78. The number of aromatic nitrogens is 3. The molecule has 42 heavy (non-hydrogen) atoms. The van der Waals surface area contributed by atoms with Gasteiger partial charge in [-0.15, -0.1) is 0 Å². The summed E-state index contributed by atoms with van der Waals surface area (Å²) in [6.07, 6.45) is -2.13. The predicted molar refractivity (Wildman–Crippen MR) is 138 cm³/mol. The van der Waals surface area contributed by atoms with Gasteiger partial charge in [0.25, 0.3) is 5.91 Å². The van der Waals surface area contributed by atoms with E-state index in [2.05, 4.69) is 15.4 Å². The average molecular weight is 588 g/mol. The molecular weight excluding hydrogens is 564 g/mol. The van der Waals surface area contributed by atoms with Gasteiger partial charge in [0.1, 0.15) is 24.0 Å². The molecule has 1 aliphatic rings. The van der Waals surface area contributed by atoms with Crippen molar-refractivity contribution in [2.75, 3.05) is 0 Å². The minimum Gasteiger partial charge on any atom is -0.366 e. The first kappa shape index (κ1) is 28.8. The van der Waals surface area contributed by atoms with Crippen LogP contribution in [0.15, 0.2) is 60.8 Å². The summed E-state index contributed by atoms with van der Waals surface area (Å²) in [6.45, 7) is -0.555. The average Bonchev–Trinajstić information content (AvgIpc) is 3.66. The lowest BCUT2D eigenvalue weighted by molar-refractivity contribution is -0.141. The van der Waals surface area contributed by atoms with Crippen LogP contribution in [-0.2, 0) is 23.9 Å². The third kappa shape index (κ3) is 6.45. The van der Waals surface area contributed by atoms with E-state index >= 15 is 0 Å². The van der Waals surface area contributed by atoms with Gasteiger partial charge in [0.15, 0.2) is 5.69 Å². The first-order valence-corrected chi connectivity index (χ1v) is 12.8. The highest BCUT2D eigenvalue weighted by molar-refractivity contribution is 5.94. The third-order valence-electron chi connectivity index (χ3n) is 6.80. The number of pyridine rings is 1. The van der Waals surface area contributed by atoms with Crippen molar-refractivity contribution in [3.8, 4) is 11.1 Å². The van der Waals surface area contributed by atoms with Crippen LogP contribution >= 0.6 is 0 Å². The Balaban J connectivity index is 1.51. The van der Waals surface area contributed by atoms with Crippen LogP contribution in [0.25, 0.3) is 11.1 Å². The highest BCUT2D eigenvalue weighted by Gasteiger charge is 2.38. The van der Waals surface area contributed by atoms with Crippen LogP contribution < -0.4 is 11.1 Å². The topological polar surface area (TPSA) is 103 Å². The molecule has 2 aromatic carbocycles. The molecule has 1 fully saturated rings. The summed E-state index contributed by atoms with van der Waals surface area (Å²) >= 11 is 0. The molecule has 1 aliphatic carbocycles. The number of carbonyl (C=O) groups excluding carboxylic acids is 2. The second kappa shape index (κ2) is 11.3. The van der Waals surface area contributed by atoms with E-state index in [0.717, 1.165) is 28.9 Å². The van der Waals surface area contributed by atoms with Crippen LogP contribution in [0, 0.1) is 17.5 Å². The van der Waals surface area contributed by atoms with Crippen LogP contribution in [0.2, 0.25) is 0 Å². The van der Waals surface area contributed by atoms with Crippen molar-refractivity contribution in [3.63, 3.8) is 0 Å². The molecule has 13 heteroatoms. The van der Waals surface area contributed by atoms with Gasteiger partial charge in [0.05, 0.1) is 17.3 Å². The van der Waals surface area contributed by atoms with E-state index in [1.54, 1.807) is 12.1 Å². The van der Waals surface area contributed by atoms with Crippen molar-refractivity contribution in [2.24, 2.45) is 5.73 Å². The number of nitrogens with one attached hydrogen (secondary N) is 1. The molecule has 218 valence electrons. The molecule has 2 heterocycles. The lowest BCUT2D eigenvalue weighted by Gasteiger charge is -2.22. The molecule has 0 saturated heterocycles. The normalized spacial score (nSPS) is 14.0. The quantitative estimate of drug-likeness (QED) is 0.254. The summed E-state index contributed by atoms with van der Waals surface area (Å²) in [6, 6.07) is 9.45. The van der Waals surface area contributed by atoms with E-state index in [4.69, 9.17) is 5.73 Å². The molecule has 1 saturated carbocycles. The number of nitrogens with two attached hydrogens (primary N) is 1. The largest absolute Gasteiger partial charge is 0.435 e. The second-order valence-electron chi connectivity index (χ2n) is 9.98. The zero-order valence-electron chi connectivity index (χ0n) is 21.8. The Labute approximate surface area is 235 Å². The molecule has 0 radical (unpaired) electrons. The van der Waals surface area contributed by atoms with E-state index < -0.39 is 53.7 Å². The summed E-state index contributed by atoms with van der Waals surface area (Å²) in [5.74, 6) is -4.45. The van der Waals surface area contributed by atoms with Crippen LogP contribution in [0.1, 0.15) is 57.8 Å². The Kier molecular flexibility index (Phi) is 7.76. The SMILES string of the molecule is NC(=O)c1cc(-c2cccnc2[C@H](Cc2cc(F)cc(F)c2)NC(=O)Cn2nc(C(F)(F)F)cc2C2CC2)ccc1F. The fraction of sp³-hybridized carbons (Fsp3) is 0.241. The Morgan fingerprint density at radius 1 is 1.02 bits per heavy atom. The number of carbonyl (C=O) groups is 2. The molecule has 4 aromatic rings. The van der Waals surface area contributed by atoms with Crippen molar-refractivity contribution in [1.29, 1.82) is 0 Å². The van der Waals surface area contributed by atoms with Crippen LogP contribution in [0.3, 0.4) is 0 Å². The van der Waals surface area contributed by atoms with Crippen molar-refractivity contribution in [3.05, 3.63) is 106 Å². The maximum Gasteiger partial charge on any atom is 0.435 e. The fourth-order valence-electron chi connectivity index (χ4n) is 4.78. The molecule has 0 aliphatic heterocycles. The van der Waals surface area contributed by atoms with Gasteiger partial charge in [0.2, 0.25) is 5.91 Å². The van der Waals surface area contributed by atoms with E-state index in [1.165, 1.54) is 18.3 Å². The van der Waals surface area contributed by atoms with Crippen molar-refractivity contribution < 1.29 is 35.9 Å². The highest BCUT2D eigenvalue weighted by atomic mass is 19.4. The number of amides is 2. The standard InChI is InChI=1S/C29H23F6N5O2/c30-18-8-15(9-19(31)12-18)10-23(27-20(2-1-7-37-27)17-5-6-22(32)21(11-17)28(36)42)38-26(41)14-40-24(16-3-4-16)13-25(39-40)29(33,34)35/h1-2,5-9,11-13,16,23H,3-4,10,14H2,(H2,36,42)(H,38,41)/t23-/m0/s1. The maximum absolute atomic E-state index is 14.2. The number of hydrogen-bond acceptors (Lipinski definition) is 4. The molecule has 0 unspecified atom stereocenters. The van der Waals surface area contributed by atoms with Gasteiger partial charge < -0.3 is 11.1 Å². The number of hydrogen-bond donors (Lipinski definition) is 2. The van der Waals surface area contributed by atoms with Gasteiger partial charge in [-0.25, -0.2) is 13.2 Å². The van der Waals surface area contributed by atoms with E-state index in [9.17, 15) is 35.9 Å². The molecule has 5 rings (SSSR count). The summed E-state index contributed by atoms with van der Waals surface area (Å²) in [7, 11) is 0. The first-order valence-electron chi connectivity index (χ1n) is 12.8. The summed E-state index contributed by atoms with van der Waals surface area (Å²) < 4.78 is 83.3. The Hall–Kier alpha value is -4.68. The predicted octanol–water partition coefficient (Wildman–Crippen LogP) is 5.46. The highest BCUT2D eigenvalue weighted by Crippen LogP contribution is 2.42. The van der Waals surface area contributed by atoms with Gasteiger partial charge in [-0.3, -0.25) is 19.3 Å². The smallest absolute Gasteiger partial charge is 0.366 e. The van der Waals surface area contributed by atoms with Crippen LogP contribution in [0.5, 0.6) is 0 Å². The Bertz CT molecular complexity index is 1640. The number of rotatable bonds is 9. The minimum absolute atomic E-state index is 0.146. The Morgan fingerprint density at radius 2 is 1.74 bits per heavy atom. The van der Waals surface area contributed by atoms with E-state index in [0.29, 0.717) is 30.0 Å². The molecule has 1 atom stereocenters. The number of primary amides is 1. The van der Waals surface area contributed by atoms with Crippen molar-refractivity contribution in [1.82, 2.24) is 20.1 Å². The van der Waals surface area contributed by atoms with E-state index in [-0.39, 0.29) is 34.9 Å². The third-order valence-corrected chi connectivity index (χ3v) is 6.80. The lowest BCUT2D eigenvalue weighted by atomic mass is 9.94. The number of nitrogens with zero attached hydrogens (tertiary/aromatic N) is 3. The van der Waals surface area contributed by atoms with Crippen LogP contribution in [-0.4, -0.2) is 26.6 Å². The Morgan fingerprint density at radius 3 is 2.38 bits per heavy atom. The number of alkyl halides is 3. The lowest BCUT2D eigenvalue weighted by Crippen LogP contribution is -2.34. The maximum atomic E-state index is 14.2. The number of benzene rings is 2.